The van der Waals surface area contributed by atoms with Gasteiger partial charge in [0.15, 0.2) is 0 Å². The van der Waals surface area contributed by atoms with Crippen molar-refractivity contribution >= 4 is 15.7 Å². The van der Waals surface area contributed by atoms with Crippen molar-refractivity contribution in [2.24, 2.45) is 0 Å². The number of aromatic nitrogens is 1. The maximum Gasteiger partial charge on any atom is 0.262 e. The van der Waals surface area contributed by atoms with Crippen LogP contribution in [0.1, 0.15) is 11.1 Å². The summed E-state index contributed by atoms with van der Waals surface area (Å²) in [5.41, 5.74) is 1.11. The second-order valence-corrected chi connectivity index (χ2v) is 5.84. The predicted octanol–water partition coefficient (Wildman–Crippen LogP) is 2.64. The van der Waals surface area contributed by atoms with Crippen LogP contribution in [0.15, 0.2) is 41.6 Å². The summed E-state index contributed by atoms with van der Waals surface area (Å²) in [6.07, 6.45) is 2.96. The first-order valence-electron chi connectivity index (χ1n) is 5.60. The third-order valence-corrected chi connectivity index (χ3v) is 4.29. The fraction of sp³-hybridized carbons (Fsp3) is 0.154. The molecule has 6 heteroatoms. The van der Waals surface area contributed by atoms with Gasteiger partial charge in [-0.3, -0.25) is 9.71 Å². The average molecular weight is 280 g/mol. The van der Waals surface area contributed by atoms with E-state index in [4.69, 9.17) is 0 Å². The summed E-state index contributed by atoms with van der Waals surface area (Å²) in [6.45, 7) is 3.13. The molecule has 0 aliphatic heterocycles. The van der Waals surface area contributed by atoms with Gasteiger partial charge in [0.1, 0.15) is 5.82 Å². The minimum absolute atomic E-state index is 0.0951. The molecule has 2 aromatic rings. The van der Waals surface area contributed by atoms with Crippen LogP contribution in [-0.4, -0.2) is 13.4 Å². The molecular weight excluding hydrogens is 267 g/mol. The van der Waals surface area contributed by atoms with Crippen molar-refractivity contribution in [3.05, 3.63) is 53.6 Å². The van der Waals surface area contributed by atoms with Crippen molar-refractivity contribution in [3.8, 4) is 0 Å². The highest BCUT2D eigenvalue weighted by Gasteiger charge is 2.20. The van der Waals surface area contributed by atoms with Gasteiger partial charge in [-0.2, -0.15) is 0 Å². The topological polar surface area (TPSA) is 59.1 Å². The van der Waals surface area contributed by atoms with Gasteiger partial charge in [-0.1, -0.05) is 0 Å². The van der Waals surface area contributed by atoms with E-state index in [9.17, 15) is 12.8 Å². The van der Waals surface area contributed by atoms with Crippen molar-refractivity contribution < 1.29 is 12.8 Å². The van der Waals surface area contributed by atoms with Crippen LogP contribution in [-0.2, 0) is 10.0 Å². The Morgan fingerprint density at radius 2 is 1.84 bits per heavy atom. The maximum atomic E-state index is 13.2. The molecule has 0 unspecified atom stereocenters. The van der Waals surface area contributed by atoms with E-state index in [1.807, 2.05) is 0 Å². The van der Waals surface area contributed by atoms with E-state index in [1.54, 1.807) is 32.2 Å². The SMILES string of the molecule is Cc1cc(F)cc(C)c1S(=O)(=O)Nc1cccnc1. The Hall–Kier alpha value is -1.95. The molecule has 0 fully saturated rings. The molecule has 0 saturated heterocycles. The molecule has 1 N–H and O–H groups in total. The van der Waals surface area contributed by atoms with Gasteiger partial charge in [0.05, 0.1) is 16.8 Å². The third kappa shape index (κ3) is 2.90. The number of rotatable bonds is 3. The second-order valence-electron chi connectivity index (χ2n) is 4.22. The van der Waals surface area contributed by atoms with E-state index < -0.39 is 15.8 Å². The highest BCUT2D eigenvalue weighted by Crippen LogP contribution is 2.23. The zero-order chi connectivity index (χ0) is 14.0. The lowest BCUT2D eigenvalue weighted by atomic mass is 10.1. The number of benzene rings is 1. The van der Waals surface area contributed by atoms with Crippen LogP contribution in [0.5, 0.6) is 0 Å². The first-order valence-corrected chi connectivity index (χ1v) is 7.08. The van der Waals surface area contributed by atoms with Crippen LogP contribution < -0.4 is 4.72 Å². The minimum Gasteiger partial charge on any atom is -0.278 e. The Kier molecular flexibility index (Phi) is 3.53. The molecule has 1 heterocycles. The Morgan fingerprint density at radius 1 is 1.21 bits per heavy atom. The summed E-state index contributed by atoms with van der Waals surface area (Å²) < 4.78 is 40.2. The molecule has 0 radical (unpaired) electrons. The molecule has 0 aliphatic rings. The summed E-state index contributed by atoms with van der Waals surface area (Å²) in [5, 5.41) is 0. The number of anilines is 1. The monoisotopic (exact) mass is 280 g/mol. The molecule has 0 spiro atoms. The maximum absolute atomic E-state index is 13.2. The number of pyridine rings is 1. The van der Waals surface area contributed by atoms with E-state index in [0.29, 0.717) is 16.8 Å². The predicted molar refractivity (Wildman–Crippen MR) is 70.9 cm³/mol. The van der Waals surface area contributed by atoms with E-state index in [2.05, 4.69) is 9.71 Å². The molecule has 0 bridgehead atoms. The van der Waals surface area contributed by atoms with Gasteiger partial charge in [-0.25, -0.2) is 12.8 Å². The minimum atomic E-state index is -3.75. The lowest BCUT2D eigenvalue weighted by Crippen LogP contribution is -2.16. The largest absolute Gasteiger partial charge is 0.278 e. The van der Waals surface area contributed by atoms with Gasteiger partial charge in [0.25, 0.3) is 10.0 Å². The van der Waals surface area contributed by atoms with Crippen LogP contribution >= 0.6 is 0 Å². The first kappa shape index (κ1) is 13.5. The van der Waals surface area contributed by atoms with E-state index in [-0.39, 0.29) is 4.90 Å². The first-order chi connectivity index (χ1) is 8.90. The lowest BCUT2D eigenvalue weighted by molar-refractivity contribution is 0.597. The Morgan fingerprint density at radius 3 is 2.37 bits per heavy atom. The van der Waals surface area contributed by atoms with Crippen LogP contribution in [0.4, 0.5) is 10.1 Å². The fourth-order valence-electron chi connectivity index (χ4n) is 1.95. The molecule has 0 saturated carbocycles. The van der Waals surface area contributed by atoms with Crippen molar-refractivity contribution in [1.29, 1.82) is 0 Å². The van der Waals surface area contributed by atoms with Crippen molar-refractivity contribution in [2.75, 3.05) is 4.72 Å². The molecule has 0 aliphatic carbocycles. The Balaban J connectivity index is 2.46. The number of aryl methyl sites for hydroxylation is 2. The molecule has 2 rings (SSSR count). The summed E-state index contributed by atoms with van der Waals surface area (Å²) in [7, 11) is -3.75. The van der Waals surface area contributed by atoms with Crippen LogP contribution in [0, 0.1) is 19.7 Å². The number of hydrogen-bond acceptors (Lipinski definition) is 3. The molecule has 4 nitrogen and oxygen atoms in total. The number of nitrogens with zero attached hydrogens (tertiary/aromatic N) is 1. The molecule has 19 heavy (non-hydrogen) atoms. The van der Waals surface area contributed by atoms with Crippen molar-refractivity contribution in [2.45, 2.75) is 18.7 Å². The standard InChI is InChI=1S/C13H13FN2O2S/c1-9-6-11(14)7-10(2)13(9)19(17,18)16-12-4-3-5-15-8-12/h3-8,16H,1-2H3. The number of nitrogens with one attached hydrogen (secondary N) is 1. The number of sulfonamides is 1. The fourth-order valence-corrected chi connectivity index (χ4v) is 3.45. The molecule has 0 amide bonds. The smallest absolute Gasteiger partial charge is 0.262 e. The molecule has 1 aromatic heterocycles. The molecular formula is C13H13FN2O2S. The van der Waals surface area contributed by atoms with Gasteiger partial charge >= 0.3 is 0 Å². The Bertz CT molecular complexity index is 677. The van der Waals surface area contributed by atoms with Gasteiger partial charge in [0.2, 0.25) is 0 Å². The van der Waals surface area contributed by atoms with E-state index >= 15 is 0 Å². The average Bonchev–Trinajstić information content (AvgIpc) is 2.27. The summed E-state index contributed by atoms with van der Waals surface area (Å²) >= 11 is 0. The van der Waals surface area contributed by atoms with Gasteiger partial charge in [-0.05, 0) is 49.2 Å². The summed E-state index contributed by atoms with van der Waals surface area (Å²) in [6, 6.07) is 5.62. The van der Waals surface area contributed by atoms with Gasteiger partial charge < -0.3 is 0 Å². The molecule has 1 aromatic carbocycles. The zero-order valence-electron chi connectivity index (χ0n) is 10.5. The summed E-state index contributed by atoms with van der Waals surface area (Å²) in [5.74, 6) is -0.449. The van der Waals surface area contributed by atoms with E-state index in [0.717, 1.165) is 0 Å². The zero-order valence-corrected chi connectivity index (χ0v) is 11.3. The second kappa shape index (κ2) is 4.97. The lowest BCUT2D eigenvalue weighted by Gasteiger charge is -2.12. The van der Waals surface area contributed by atoms with Crippen molar-refractivity contribution in [1.82, 2.24) is 4.98 Å². The highest BCUT2D eigenvalue weighted by atomic mass is 32.2. The van der Waals surface area contributed by atoms with Crippen LogP contribution in [0.3, 0.4) is 0 Å². The van der Waals surface area contributed by atoms with Crippen LogP contribution in [0.25, 0.3) is 0 Å². The third-order valence-electron chi connectivity index (χ3n) is 2.61. The quantitative estimate of drug-likeness (QED) is 0.940. The van der Waals surface area contributed by atoms with Crippen molar-refractivity contribution in [3.63, 3.8) is 0 Å². The van der Waals surface area contributed by atoms with Gasteiger partial charge in [0, 0.05) is 6.20 Å². The highest BCUT2D eigenvalue weighted by molar-refractivity contribution is 7.92. The number of hydrogen-bond donors (Lipinski definition) is 1. The van der Waals surface area contributed by atoms with Gasteiger partial charge in [-0.15, -0.1) is 0 Å². The van der Waals surface area contributed by atoms with E-state index in [1.165, 1.54) is 18.3 Å². The number of halogens is 1. The summed E-state index contributed by atoms with van der Waals surface area (Å²) in [4.78, 5) is 3.93. The molecule has 100 valence electrons. The van der Waals surface area contributed by atoms with Crippen LogP contribution in [0.2, 0.25) is 0 Å². The normalized spacial score (nSPS) is 11.3. The Labute approximate surface area is 111 Å². The molecule has 0 atom stereocenters.